The van der Waals surface area contributed by atoms with Crippen molar-refractivity contribution in [2.45, 2.75) is 12.8 Å². The van der Waals surface area contributed by atoms with E-state index in [-0.39, 0.29) is 12.5 Å². The number of fused-ring (bicyclic) bond motifs is 3. The first-order valence-corrected chi connectivity index (χ1v) is 7.88. The molecule has 0 spiro atoms. The molecule has 0 heterocycles. The monoisotopic (exact) mass is 335 g/mol. The van der Waals surface area contributed by atoms with Gasteiger partial charge in [0.15, 0.2) is 0 Å². The molecule has 0 bridgehead atoms. The van der Waals surface area contributed by atoms with Gasteiger partial charge in [0.05, 0.1) is 0 Å². The number of carbonyl (C=O) groups excluding carboxylic acids is 1. The normalized spacial score (nSPS) is 11.7. The minimum Gasteiger partial charge on any atom is -0.480 e. The largest absolute Gasteiger partial charge is 0.480 e. The Kier molecular flexibility index (Phi) is 4.71. The maximum atomic E-state index is 12.2. The van der Waals surface area contributed by atoms with E-state index in [0.29, 0.717) is 0 Å². The molecule has 0 atom stereocenters. The summed E-state index contributed by atoms with van der Waals surface area (Å²) in [6.45, 7) is 1.15. The zero-order valence-corrected chi connectivity index (χ0v) is 13.7. The second kappa shape index (κ2) is 7.10. The summed E-state index contributed by atoms with van der Waals surface area (Å²) in [5, 5.41) is 8.88. The van der Waals surface area contributed by atoms with Crippen molar-refractivity contribution >= 4 is 12.1 Å². The van der Waals surface area contributed by atoms with Crippen LogP contribution in [-0.4, -0.2) is 35.2 Å². The summed E-state index contributed by atoms with van der Waals surface area (Å²) in [4.78, 5) is 23.9. The van der Waals surface area contributed by atoms with Crippen molar-refractivity contribution in [3.8, 4) is 23.1 Å². The third kappa shape index (κ3) is 3.33. The summed E-state index contributed by atoms with van der Waals surface area (Å²) in [6, 6.07) is 18.5. The third-order valence-corrected chi connectivity index (χ3v) is 4.10. The van der Waals surface area contributed by atoms with Crippen molar-refractivity contribution in [3.63, 3.8) is 0 Å². The minimum absolute atomic E-state index is 0.0717. The molecule has 1 amide bonds. The van der Waals surface area contributed by atoms with Crippen LogP contribution in [0.1, 0.15) is 24.0 Å². The molecule has 0 saturated carbocycles. The highest BCUT2D eigenvalue weighted by atomic mass is 16.6. The van der Waals surface area contributed by atoms with Crippen molar-refractivity contribution in [2.24, 2.45) is 0 Å². The van der Waals surface area contributed by atoms with Gasteiger partial charge in [0, 0.05) is 12.0 Å². The Bertz CT molecular complexity index is 833. The number of hydrogen-bond acceptors (Lipinski definition) is 3. The maximum Gasteiger partial charge on any atom is 0.422 e. The van der Waals surface area contributed by atoms with Gasteiger partial charge in [-0.15, -0.1) is 0 Å². The fourth-order valence-corrected chi connectivity index (χ4v) is 3.09. The second-order valence-electron chi connectivity index (χ2n) is 5.65. The SMILES string of the molecule is CC#CN(CC(=O)O)C(=O)OCC1c2ccccc2-c2ccccc21. The molecule has 0 fully saturated rings. The Morgan fingerprint density at radius 3 is 2.16 bits per heavy atom. The van der Waals surface area contributed by atoms with Crippen LogP contribution in [-0.2, 0) is 9.53 Å². The van der Waals surface area contributed by atoms with Gasteiger partial charge in [-0.1, -0.05) is 54.5 Å². The van der Waals surface area contributed by atoms with Gasteiger partial charge in [0.25, 0.3) is 0 Å². The Morgan fingerprint density at radius 2 is 1.64 bits per heavy atom. The predicted octanol–water partition coefficient (Wildman–Crippen LogP) is 3.30. The number of carboxylic acid groups (broad SMARTS) is 1. The molecule has 0 saturated heterocycles. The first-order valence-electron chi connectivity index (χ1n) is 7.88. The average molecular weight is 335 g/mol. The van der Waals surface area contributed by atoms with Crippen molar-refractivity contribution in [1.82, 2.24) is 4.90 Å². The smallest absolute Gasteiger partial charge is 0.422 e. The molecule has 0 radical (unpaired) electrons. The summed E-state index contributed by atoms with van der Waals surface area (Å²) in [5.41, 5.74) is 4.47. The van der Waals surface area contributed by atoms with Crippen LogP contribution < -0.4 is 0 Å². The molecule has 1 N–H and O–H groups in total. The Hall–Kier alpha value is -3.26. The average Bonchev–Trinajstić information content (AvgIpc) is 2.93. The standard InChI is InChI=1S/C20H17NO4/c1-2-11-21(12-19(22)23)20(24)25-13-18-16-9-5-3-7-14(16)15-8-4-6-10-17(15)18/h3-10,18H,12-13H2,1H3,(H,22,23). The van der Waals surface area contributed by atoms with E-state index in [1.54, 1.807) is 0 Å². The predicted molar refractivity (Wildman–Crippen MR) is 92.9 cm³/mol. The quantitative estimate of drug-likeness (QED) is 0.688. The molecule has 5 nitrogen and oxygen atoms in total. The molecule has 0 aliphatic heterocycles. The molecule has 0 aromatic heterocycles. The molecule has 126 valence electrons. The van der Waals surface area contributed by atoms with Crippen molar-refractivity contribution in [3.05, 3.63) is 59.7 Å². The summed E-state index contributed by atoms with van der Waals surface area (Å²) in [7, 11) is 0. The van der Waals surface area contributed by atoms with E-state index in [0.717, 1.165) is 27.2 Å². The fourth-order valence-electron chi connectivity index (χ4n) is 3.09. The van der Waals surface area contributed by atoms with Crippen molar-refractivity contribution in [1.29, 1.82) is 0 Å². The van der Waals surface area contributed by atoms with Crippen molar-refractivity contribution < 1.29 is 19.4 Å². The van der Waals surface area contributed by atoms with Gasteiger partial charge in [0.1, 0.15) is 13.2 Å². The number of hydrogen-bond donors (Lipinski definition) is 1. The van der Waals surface area contributed by atoms with Crippen LogP contribution in [0.15, 0.2) is 48.5 Å². The van der Waals surface area contributed by atoms with E-state index in [1.165, 1.54) is 6.92 Å². The van der Waals surface area contributed by atoms with Gasteiger partial charge in [-0.2, -0.15) is 0 Å². The van der Waals surface area contributed by atoms with Crippen LogP contribution in [0.2, 0.25) is 0 Å². The molecular weight excluding hydrogens is 318 g/mol. The van der Waals surface area contributed by atoms with Gasteiger partial charge in [-0.05, 0) is 29.2 Å². The lowest BCUT2D eigenvalue weighted by molar-refractivity contribution is -0.137. The summed E-state index contributed by atoms with van der Waals surface area (Å²) in [6.07, 6.45) is -0.751. The molecule has 5 heteroatoms. The van der Waals surface area contributed by atoms with Crippen molar-refractivity contribution in [2.75, 3.05) is 13.2 Å². The zero-order valence-electron chi connectivity index (χ0n) is 13.7. The molecule has 2 aromatic carbocycles. The van der Waals surface area contributed by atoms with Gasteiger partial charge in [0.2, 0.25) is 0 Å². The molecule has 2 aromatic rings. The van der Waals surface area contributed by atoms with Crippen LogP contribution in [0, 0.1) is 12.0 Å². The van der Waals surface area contributed by atoms with Crippen LogP contribution in [0.3, 0.4) is 0 Å². The van der Waals surface area contributed by atoms with E-state index < -0.39 is 18.6 Å². The fraction of sp³-hybridized carbons (Fsp3) is 0.200. The van der Waals surface area contributed by atoms with Gasteiger partial charge < -0.3 is 9.84 Å². The lowest BCUT2D eigenvalue weighted by atomic mass is 9.98. The number of ether oxygens (including phenoxy) is 1. The van der Waals surface area contributed by atoms with E-state index in [4.69, 9.17) is 9.84 Å². The first-order chi connectivity index (χ1) is 12.1. The lowest BCUT2D eigenvalue weighted by Gasteiger charge is -2.17. The number of rotatable bonds is 4. The van der Waals surface area contributed by atoms with E-state index >= 15 is 0 Å². The zero-order chi connectivity index (χ0) is 17.8. The van der Waals surface area contributed by atoms with Crippen LogP contribution in [0.25, 0.3) is 11.1 Å². The highest BCUT2D eigenvalue weighted by Gasteiger charge is 2.29. The van der Waals surface area contributed by atoms with Crippen LogP contribution >= 0.6 is 0 Å². The molecule has 0 unspecified atom stereocenters. The molecular formula is C20H17NO4. The molecule has 3 rings (SSSR count). The Labute approximate surface area is 145 Å². The van der Waals surface area contributed by atoms with E-state index in [9.17, 15) is 9.59 Å². The summed E-state index contributed by atoms with van der Waals surface area (Å²) >= 11 is 0. The summed E-state index contributed by atoms with van der Waals surface area (Å²) in [5.74, 6) is 1.31. The van der Waals surface area contributed by atoms with Crippen LogP contribution in [0.4, 0.5) is 4.79 Å². The molecule has 1 aliphatic carbocycles. The number of benzene rings is 2. The first kappa shape index (κ1) is 16.6. The number of aliphatic carboxylic acids is 1. The summed E-state index contributed by atoms with van der Waals surface area (Å²) < 4.78 is 5.38. The third-order valence-electron chi connectivity index (χ3n) is 4.10. The molecule has 1 aliphatic rings. The van der Waals surface area contributed by atoms with E-state index in [1.807, 2.05) is 36.4 Å². The maximum absolute atomic E-state index is 12.2. The number of carboxylic acids is 1. The van der Waals surface area contributed by atoms with Gasteiger partial charge in [-0.25, -0.2) is 9.69 Å². The number of nitrogens with zero attached hydrogens (tertiary/aromatic N) is 1. The minimum atomic E-state index is -1.14. The van der Waals surface area contributed by atoms with Gasteiger partial charge >= 0.3 is 12.1 Å². The van der Waals surface area contributed by atoms with Gasteiger partial charge in [-0.3, -0.25) is 4.79 Å². The Morgan fingerprint density at radius 1 is 1.08 bits per heavy atom. The number of carbonyl (C=O) groups is 2. The second-order valence-corrected chi connectivity index (χ2v) is 5.65. The Balaban J connectivity index is 1.80. The number of amides is 1. The highest BCUT2D eigenvalue weighted by Crippen LogP contribution is 2.44. The molecule has 25 heavy (non-hydrogen) atoms. The van der Waals surface area contributed by atoms with E-state index in [2.05, 4.69) is 24.1 Å². The lowest BCUT2D eigenvalue weighted by Crippen LogP contribution is -2.33. The van der Waals surface area contributed by atoms with Crippen LogP contribution in [0.5, 0.6) is 0 Å². The highest BCUT2D eigenvalue weighted by molar-refractivity contribution is 5.80. The topological polar surface area (TPSA) is 66.8 Å².